The van der Waals surface area contributed by atoms with E-state index in [4.69, 9.17) is 16.3 Å². The number of benzene rings is 1. The van der Waals surface area contributed by atoms with Crippen molar-refractivity contribution in [3.63, 3.8) is 0 Å². The Bertz CT molecular complexity index is 749. The van der Waals surface area contributed by atoms with Crippen LogP contribution in [0.25, 0.3) is 0 Å². The summed E-state index contributed by atoms with van der Waals surface area (Å²) in [5.74, 6) is 0.355. The van der Waals surface area contributed by atoms with Crippen molar-refractivity contribution in [2.75, 3.05) is 26.7 Å². The molecule has 28 heavy (non-hydrogen) atoms. The van der Waals surface area contributed by atoms with Gasteiger partial charge in [0.25, 0.3) is 5.91 Å². The van der Waals surface area contributed by atoms with Gasteiger partial charge in [-0.2, -0.15) is 0 Å². The summed E-state index contributed by atoms with van der Waals surface area (Å²) >= 11 is 5.98. The van der Waals surface area contributed by atoms with Crippen LogP contribution in [0, 0.1) is 0 Å². The van der Waals surface area contributed by atoms with E-state index in [1.54, 1.807) is 18.2 Å². The molecule has 154 valence electrons. The Morgan fingerprint density at radius 1 is 1.25 bits per heavy atom. The first kappa shape index (κ1) is 22.5. The topological polar surface area (TPSA) is 87.7 Å². The first-order chi connectivity index (χ1) is 12.9. The predicted octanol–water partition coefficient (Wildman–Crippen LogP) is 2.80. The maximum absolute atomic E-state index is 12.4. The molecule has 9 heteroatoms. The van der Waals surface area contributed by atoms with Crippen LogP contribution in [0.5, 0.6) is 5.75 Å². The molecule has 2 aliphatic rings. The number of likely N-dealkylation sites (tertiary alicyclic amines) is 1. The number of amides is 3. The zero-order valence-corrected chi connectivity index (χ0v) is 17.3. The number of nitrogens with zero attached hydrogens (tertiary/aromatic N) is 1. The molecule has 0 bridgehead atoms. The van der Waals surface area contributed by atoms with Crippen LogP contribution < -0.4 is 15.4 Å². The molecule has 0 radical (unpaired) electrons. The summed E-state index contributed by atoms with van der Waals surface area (Å²) in [4.78, 5) is 38.0. The van der Waals surface area contributed by atoms with Crippen LogP contribution in [0.15, 0.2) is 18.2 Å². The van der Waals surface area contributed by atoms with E-state index in [2.05, 4.69) is 15.5 Å². The summed E-state index contributed by atoms with van der Waals surface area (Å²) in [7, 11) is 1.54. The highest BCUT2D eigenvalue weighted by atomic mass is 35.5. The molecule has 2 heterocycles. The lowest BCUT2D eigenvalue weighted by atomic mass is 9.87. The summed E-state index contributed by atoms with van der Waals surface area (Å²) in [5, 5.41) is 5.60. The lowest BCUT2D eigenvalue weighted by Crippen LogP contribution is -2.54. The van der Waals surface area contributed by atoms with Crippen molar-refractivity contribution in [2.45, 2.75) is 37.6 Å². The van der Waals surface area contributed by atoms with Gasteiger partial charge in [0.15, 0.2) is 5.78 Å². The molecule has 0 unspecified atom stereocenters. The summed E-state index contributed by atoms with van der Waals surface area (Å²) in [5.41, 5.74) is -0.208. The first-order valence-corrected chi connectivity index (χ1v) is 9.54. The quantitative estimate of drug-likeness (QED) is 0.395. The number of rotatable bonds is 7. The number of nitrogens with one attached hydrogen (secondary N) is 2. The van der Waals surface area contributed by atoms with Crippen LogP contribution in [0.1, 0.15) is 42.5 Å². The highest BCUT2D eigenvalue weighted by molar-refractivity contribution is 6.31. The molecule has 0 saturated carbocycles. The zero-order valence-electron chi connectivity index (χ0n) is 15.8. The van der Waals surface area contributed by atoms with Gasteiger partial charge in [0.05, 0.1) is 12.7 Å². The van der Waals surface area contributed by atoms with Crippen LogP contribution in [0.4, 0.5) is 4.79 Å². The van der Waals surface area contributed by atoms with Crippen LogP contribution in [-0.2, 0) is 4.79 Å². The molecular weight excluding hydrogens is 405 g/mol. The molecule has 0 aromatic heterocycles. The maximum Gasteiger partial charge on any atom is 0.322 e. The van der Waals surface area contributed by atoms with Crippen molar-refractivity contribution in [1.29, 1.82) is 0 Å². The van der Waals surface area contributed by atoms with Gasteiger partial charge >= 0.3 is 6.03 Å². The van der Waals surface area contributed by atoms with Gasteiger partial charge in [-0.1, -0.05) is 11.6 Å². The number of methoxy groups -OCH3 is 1. The summed E-state index contributed by atoms with van der Waals surface area (Å²) in [6.45, 7) is 2.37. The van der Waals surface area contributed by atoms with E-state index in [-0.39, 0.29) is 24.1 Å². The maximum atomic E-state index is 12.4. The van der Waals surface area contributed by atoms with Gasteiger partial charge in [0.2, 0.25) is 0 Å². The predicted molar refractivity (Wildman–Crippen MR) is 109 cm³/mol. The number of hydrogen-bond acceptors (Lipinski definition) is 5. The number of Topliss-reactive ketones (excluding diaryl/α,β-unsaturated/α-hetero) is 1. The van der Waals surface area contributed by atoms with Crippen molar-refractivity contribution < 1.29 is 19.1 Å². The second-order valence-electron chi connectivity index (χ2n) is 7.06. The molecule has 0 atom stereocenters. The van der Waals surface area contributed by atoms with Gasteiger partial charge in [-0.25, -0.2) is 4.79 Å². The molecule has 2 aliphatic heterocycles. The molecule has 2 N–H and O–H groups in total. The third-order valence-electron chi connectivity index (χ3n) is 5.31. The van der Waals surface area contributed by atoms with E-state index < -0.39 is 11.6 Å². The molecule has 3 rings (SSSR count). The average molecular weight is 430 g/mol. The first-order valence-electron chi connectivity index (χ1n) is 9.16. The molecule has 2 saturated heterocycles. The van der Waals surface area contributed by atoms with Gasteiger partial charge in [0.1, 0.15) is 11.3 Å². The van der Waals surface area contributed by atoms with Gasteiger partial charge < -0.3 is 15.0 Å². The molecule has 1 spiro atoms. The standard InChI is InChI=1S/C19H24ClN3O4.ClH/c1-27-16-6-5-13(20)12-14(16)15(24)4-2-3-9-23-10-7-19(8-11-23)17(25)21-18(26)22-19;/h5-6,12H,2-4,7-11H2,1H3,(H2,21,22,25,26);1H. The van der Waals surface area contributed by atoms with Gasteiger partial charge in [-0.05, 0) is 50.4 Å². The lowest BCUT2D eigenvalue weighted by Gasteiger charge is -2.36. The molecule has 3 amide bonds. The number of urea groups is 1. The Labute approximate surface area is 175 Å². The molecule has 7 nitrogen and oxygen atoms in total. The van der Waals surface area contributed by atoms with E-state index in [1.165, 1.54) is 7.11 Å². The number of hydrogen-bond donors (Lipinski definition) is 2. The normalized spacial score (nSPS) is 18.4. The summed E-state index contributed by atoms with van der Waals surface area (Å²) in [6, 6.07) is 4.65. The number of halogens is 2. The Morgan fingerprint density at radius 3 is 2.57 bits per heavy atom. The van der Waals surface area contributed by atoms with E-state index in [9.17, 15) is 14.4 Å². The van der Waals surface area contributed by atoms with Crippen LogP contribution >= 0.6 is 24.0 Å². The number of carbonyl (C=O) groups excluding carboxylic acids is 3. The van der Waals surface area contributed by atoms with E-state index in [0.717, 1.165) is 32.5 Å². The number of carbonyl (C=O) groups is 3. The van der Waals surface area contributed by atoms with Crippen molar-refractivity contribution in [2.24, 2.45) is 0 Å². The second kappa shape index (κ2) is 9.58. The minimum Gasteiger partial charge on any atom is -0.496 e. The highest BCUT2D eigenvalue weighted by Gasteiger charge is 2.47. The van der Waals surface area contributed by atoms with Crippen LogP contribution in [0.2, 0.25) is 5.02 Å². The Hall–Kier alpha value is -1.83. The van der Waals surface area contributed by atoms with Gasteiger partial charge in [-0.15, -0.1) is 12.4 Å². The Morgan fingerprint density at radius 2 is 1.96 bits per heavy atom. The number of ether oxygens (including phenoxy) is 1. The van der Waals surface area contributed by atoms with Crippen LogP contribution in [-0.4, -0.2) is 54.9 Å². The SMILES string of the molecule is COc1ccc(Cl)cc1C(=O)CCCCN1CCC2(CC1)NC(=O)NC2=O.Cl. The van der Waals surface area contributed by atoms with E-state index in [1.807, 2.05) is 0 Å². The van der Waals surface area contributed by atoms with E-state index >= 15 is 0 Å². The molecule has 1 aromatic carbocycles. The fourth-order valence-corrected chi connectivity index (χ4v) is 3.86. The van der Waals surface area contributed by atoms with Gasteiger partial charge in [0, 0.05) is 24.5 Å². The minimum absolute atomic E-state index is 0. The monoisotopic (exact) mass is 429 g/mol. The number of ketones is 1. The van der Waals surface area contributed by atoms with Crippen molar-refractivity contribution in [3.8, 4) is 5.75 Å². The third-order valence-corrected chi connectivity index (χ3v) is 5.55. The molecule has 2 fully saturated rings. The highest BCUT2D eigenvalue weighted by Crippen LogP contribution is 2.26. The fraction of sp³-hybridized carbons (Fsp3) is 0.526. The smallest absolute Gasteiger partial charge is 0.322 e. The van der Waals surface area contributed by atoms with Crippen LogP contribution in [0.3, 0.4) is 0 Å². The van der Waals surface area contributed by atoms with Crippen molar-refractivity contribution in [3.05, 3.63) is 28.8 Å². The minimum atomic E-state index is -0.729. The Balaban J connectivity index is 0.00000280. The number of unbranched alkanes of at least 4 members (excludes halogenated alkanes) is 1. The molecular formula is C19H25Cl2N3O4. The van der Waals surface area contributed by atoms with E-state index in [0.29, 0.717) is 35.6 Å². The average Bonchev–Trinajstić information content (AvgIpc) is 2.93. The number of imide groups is 1. The van der Waals surface area contributed by atoms with Gasteiger partial charge in [-0.3, -0.25) is 14.9 Å². The third kappa shape index (κ3) is 4.96. The molecule has 0 aliphatic carbocycles. The summed E-state index contributed by atoms with van der Waals surface area (Å²) in [6.07, 6.45) is 3.33. The van der Waals surface area contributed by atoms with Crippen molar-refractivity contribution in [1.82, 2.24) is 15.5 Å². The zero-order chi connectivity index (χ0) is 19.4. The second-order valence-corrected chi connectivity index (χ2v) is 7.49. The lowest BCUT2D eigenvalue weighted by molar-refractivity contribution is -0.125. The van der Waals surface area contributed by atoms with Crippen molar-refractivity contribution >= 4 is 41.7 Å². The largest absolute Gasteiger partial charge is 0.496 e. The Kier molecular flexibility index (Phi) is 7.69. The number of piperidine rings is 1. The molecule has 1 aromatic rings. The summed E-state index contributed by atoms with van der Waals surface area (Å²) < 4.78 is 5.23. The fourth-order valence-electron chi connectivity index (χ4n) is 3.69.